The van der Waals surface area contributed by atoms with Crippen LogP contribution < -0.4 is 0 Å². The van der Waals surface area contributed by atoms with Crippen LogP contribution in [-0.2, 0) is 9.53 Å². The van der Waals surface area contributed by atoms with Crippen LogP contribution >= 0.6 is 0 Å². The Morgan fingerprint density at radius 3 is 2.57 bits per heavy atom. The van der Waals surface area contributed by atoms with E-state index in [4.69, 9.17) is 4.74 Å². The van der Waals surface area contributed by atoms with E-state index < -0.39 is 0 Å². The van der Waals surface area contributed by atoms with Crippen LogP contribution in [0.5, 0.6) is 0 Å². The molecule has 14 heavy (non-hydrogen) atoms. The van der Waals surface area contributed by atoms with Gasteiger partial charge in [-0.1, -0.05) is 20.4 Å². The van der Waals surface area contributed by atoms with Crippen LogP contribution in [0.25, 0.3) is 0 Å². The minimum atomic E-state index is -0.198. The predicted molar refractivity (Wildman–Crippen MR) is 54.8 cm³/mol. The van der Waals surface area contributed by atoms with E-state index >= 15 is 0 Å². The van der Waals surface area contributed by atoms with Gasteiger partial charge in [0.2, 0.25) is 0 Å². The van der Waals surface area contributed by atoms with Gasteiger partial charge in [-0.3, -0.25) is 0 Å². The standard InChI is InChI=1S/C12H18O2/c1-9-7-12(14-10(9)13)6-4-5-11(2,3)8-12/h1,4-8H2,2-3H3. The van der Waals surface area contributed by atoms with Crippen LogP contribution in [-0.4, -0.2) is 11.6 Å². The van der Waals surface area contributed by atoms with Crippen molar-refractivity contribution in [1.29, 1.82) is 0 Å². The quantitative estimate of drug-likeness (QED) is 0.438. The molecule has 0 amide bonds. The number of rotatable bonds is 0. The van der Waals surface area contributed by atoms with Crippen molar-refractivity contribution in [3.63, 3.8) is 0 Å². The van der Waals surface area contributed by atoms with E-state index in [2.05, 4.69) is 20.4 Å². The van der Waals surface area contributed by atoms with E-state index in [0.29, 0.717) is 11.0 Å². The molecule has 2 fully saturated rings. The second kappa shape index (κ2) is 2.85. The first kappa shape index (κ1) is 9.75. The Balaban J connectivity index is 2.18. The molecule has 1 aliphatic heterocycles. The fraction of sp³-hybridized carbons (Fsp3) is 0.750. The molecular formula is C12H18O2. The Bertz CT molecular complexity index is 273. The van der Waals surface area contributed by atoms with E-state index in [0.717, 1.165) is 25.7 Å². The van der Waals surface area contributed by atoms with Crippen molar-refractivity contribution in [3.8, 4) is 0 Å². The fourth-order valence-corrected chi connectivity index (χ4v) is 2.94. The highest BCUT2D eigenvalue weighted by Crippen LogP contribution is 2.48. The van der Waals surface area contributed by atoms with Crippen LogP contribution in [0.4, 0.5) is 0 Å². The molecule has 0 aromatic heterocycles. The predicted octanol–water partition coefficient (Wildman–Crippen LogP) is 2.83. The molecule has 1 atom stereocenters. The summed E-state index contributed by atoms with van der Waals surface area (Å²) < 4.78 is 5.50. The first-order chi connectivity index (χ1) is 6.43. The molecule has 2 rings (SSSR count). The number of hydrogen-bond acceptors (Lipinski definition) is 2. The maximum absolute atomic E-state index is 11.3. The van der Waals surface area contributed by atoms with Crippen LogP contribution in [0.2, 0.25) is 0 Å². The van der Waals surface area contributed by atoms with Gasteiger partial charge < -0.3 is 4.74 Å². The Morgan fingerprint density at radius 1 is 1.36 bits per heavy atom. The second-order valence-corrected chi connectivity index (χ2v) is 5.55. The third kappa shape index (κ3) is 1.58. The lowest BCUT2D eigenvalue weighted by Gasteiger charge is -2.41. The Labute approximate surface area is 85.3 Å². The first-order valence-corrected chi connectivity index (χ1v) is 5.34. The summed E-state index contributed by atoms with van der Waals surface area (Å²) in [5.41, 5.74) is 0.765. The monoisotopic (exact) mass is 194 g/mol. The topological polar surface area (TPSA) is 26.3 Å². The maximum Gasteiger partial charge on any atom is 0.334 e. The lowest BCUT2D eigenvalue weighted by atomic mass is 9.69. The number of esters is 1. The molecule has 2 heteroatoms. The average Bonchev–Trinajstić information content (AvgIpc) is 2.24. The van der Waals surface area contributed by atoms with Gasteiger partial charge in [0.25, 0.3) is 0 Å². The molecule has 0 bridgehead atoms. The van der Waals surface area contributed by atoms with Gasteiger partial charge in [0, 0.05) is 12.0 Å². The van der Waals surface area contributed by atoms with Gasteiger partial charge in [-0.2, -0.15) is 0 Å². The zero-order valence-corrected chi connectivity index (χ0v) is 9.06. The first-order valence-electron chi connectivity index (χ1n) is 5.34. The van der Waals surface area contributed by atoms with Crippen LogP contribution in [0.3, 0.4) is 0 Å². The molecule has 1 unspecified atom stereocenters. The lowest BCUT2D eigenvalue weighted by Crippen LogP contribution is -2.38. The van der Waals surface area contributed by atoms with Crippen molar-refractivity contribution in [2.24, 2.45) is 5.41 Å². The average molecular weight is 194 g/mol. The second-order valence-electron chi connectivity index (χ2n) is 5.55. The molecule has 1 saturated heterocycles. The molecule has 0 radical (unpaired) electrons. The van der Waals surface area contributed by atoms with Gasteiger partial charge in [0.05, 0.1) is 0 Å². The zero-order chi connectivity index (χ0) is 10.4. The third-order valence-electron chi connectivity index (χ3n) is 3.42. The van der Waals surface area contributed by atoms with Crippen molar-refractivity contribution in [3.05, 3.63) is 12.2 Å². The highest BCUT2D eigenvalue weighted by atomic mass is 16.6. The summed E-state index contributed by atoms with van der Waals surface area (Å²) in [7, 11) is 0. The molecule has 1 saturated carbocycles. The van der Waals surface area contributed by atoms with Crippen molar-refractivity contribution in [2.75, 3.05) is 0 Å². The van der Waals surface area contributed by atoms with Crippen molar-refractivity contribution in [2.45, 2.75) is 51.6 Å². The largest absolute Gasteiger partial charge is 0.455 e. The summed E-state index contributed by atoms with van der Waals surface area (Å²) in [5, 5.41) is 0. The summed E-state index contributed by atoms with van der Waals surface area (Å²) in [5.74, 6) is -0.178. The molecule has 2 nitrogen and oxygen atoms in total. The van der Waals surface area contributed by atoms with E-state index in [9.17, 15) is 4.79 Å². The Morgan fingerprint density at radius 2 is 2.07 bits per heavy atom. The van der Waals surface area contributed by atoms with E-state index in [1.165, 1.54) is 6.42 Å². The molecule has 78 valence electrons. The van der Waals surface area contributed by atoms with Crippen LogP contribution in [0.1, 0.15) is 46.0 Å². The fourth-order valence-electron chi connectivity index (χ4n) is 2.94. The molecule has 0 N–H and O–H groups in total. The van der Waals surface area contributed by atoms with Gasteiger partial charge in [-0.15, -0.1) is 0 Å². The number of carbonyl (C=O) groups is 1. The van der Waals surface area contributed by atoms with Crippen molar-refractivity contribution in [1.82, 2.24) is 0 Å². The minimum absolute atomic E-state index is 0.178. The summed E-state index contributed by atoms with van der Waals surface area (Å²) in [6.45, 7) is 8.26. The van der Waals surface area contributed by atoms with E-state index in [1.54, 1.807) is 0 Å². The number of hydrogen-bond donors (Lipinski definition) is 0. The molecule has 1 spiro atoms. The van der Waals surface area contributed by atoms with Crippen LogP contribution in [0.15, 0.2) is 12.2 Å². The highest BCUT2D eigenvalue weighted by Gasteiger charge is 2.48. The van der Waals surface area contributed by atoms with E-state index in [-0.39, 0.29) is 11.6 Å². The van der Waals surface area contributed by atoms with Gasteiger partial charge in [0.1, 0.15) is 5.60 Å². The summed E-state index contributed by atoms with van der Waals surface area (Å²) >= 11 is 0. The van der Waals surface area contributed by atoms with E-state index in [1.807, 2.05) is 0 Å². The maximum atomic E-state index is 11.3. The van der Waals surface area contributed by atoms with Gasteiger partial charge in [-0.05, 0) is 31.1 Å². The molecule has 1 aliphatic carbocycles. The van der Waals surface area contributed by atoms with Gasteiger partial charge in [0.15, 0.2) is 0 Å². The molecule has 2 aliphatic rings. The normalized spacial score (nSPS) is 36.1. The number of ether oxygens (including phenoxy) is 1. The lowest BCUT2D eigenvalue weighted by molar-refractivity contribution is -0.152. The molecular weight excluding hydrogens is 176 g/mol. The zero-order valence-electron chi connectivity index (χ0n) is 9.06. The minimum Gasteiger partial charge on any atom is -0.455 e. The Hall–Kier alpha value is -0.790. The molecule has 0 aromatic rings. The molecule has 0 aromatic carbocycles. The van der Waals surface area contributed by atoms with Gasteiger partial charge in [-0.25, -0.2) is 4.79 Å². The SMILES string of the molecule is C=C1CC2(CCCC(C)(C)C2)OC1=O. The van der Waals surface area contributed by atoms with Crippen molar-refractivity contribution < 1.29 is 9.53 Å². The third-order valence-corrected chi connectivity index (χ3v) is 3.42. The molecule has 1 heterocycles. The highest BCUT2D eigenvalue weighted by molar-refractivity contribution is 5.90. The van der Waals surface area contributed by atoms with Crippen LogP contribution in [0, 0.1) is 5.41 Å². The van der Waals surface area contributed by atoms with Gasteiger partial charge >= 0.3 is 5.97 Å². The summed E-state index contributed by atoms with van der Waals surface area (Å²) in [6.07, 6.45) is 5.15. The summed E-state index contributed by atoms with van der Waals surface area (Å²) in [6, 6.07) is 0. The van der Waals surface area contributed by atoms with Crippen molar-refractivity contribution >= 4 is 5.97 Å². The Kier molecular flexibility index (Phi) is 1.98. The smallest absolute Gasteiger partial charge is 0.334 e. The number of carbonyl (C=O) groups excluding carboxylic acids is 1. The summed E-state index contributed by atoms with van der Waals surface area (Å²) in [4.78, 5) is 11.3.